The van der Waals surface area contributed by atoms with Gasteiger partial charge in [0.2, 0.25) is 5.91 Å². The molecule has 0 spiro atoms. The minimum absolute atomic E-state index is 0.0528. The zero-order valence-electron chi connectivity index (χ0n) is 13.4. The molecule has 1 amide bonds. The van der Waals surface area contributed by atoms with E-state index in [1.165, 1.54) is 12.1 Å². The Morgan fingerprint density at radius 1 is 1.13 bits per heavy atom. The average molecular weight is 320 g/mol. The molecule has 1 aromatic rings. The summed E-state index contributed by atoms with van der Waals surface area (Å²) >= 11 is 0. The number of amides is 1. The lowest BCUT2D eigenvalue weighted by Crippen LogP contribution is -2.55. The largest absolute Gasteiger partial charge is 0.381 e. The number of rotatable bonds is 4. The van der Waals surface area contributed by atoms with Crippen molar-refractivity contribution in [3.63, 3.8) is 0 Å². The molecule has 126 valence electrons. The Morgan fingerprint density at radius 3 is 2.35 bits per heavy atom. The van der Waals surface area contributed by atoms with Crippen LogP contribution in [-0.4, -0.2) is 31.2 Å². The third kappa shape index (κ3) is 3.40. The SMILES string of the molecule is NC1(C(=O)NCC2(c3ccc(F)cc3)CCOCC2)CCCC1. The summed E-state index contributed by atoms with van der Waals surface area (Å²) in [5.41, 5.74) is 6.38. The van der Waals surface area contributed by atoms with Crippen LogP contribution in [0.15, 0.2) is 24.3 Å². The molecule has 0 atom stereocenters. The van der Waals surface area contributed by atoms with E-state index in [1.54, 1.807) is 0 Å². The maximum absolute atomic E-state index is 13.2. The number of benzene rings is 1. The van der Waals surface area contributed by atoms with Gasteiger partial charge in [-0.2, -0.15) is 0 Å². The lowest BCUT2D eigenvalue weighted by Gasteiger charge is -2.38. The van der Waals surface area contributed by atoms with Crippen LogP contribution in [0.3, 0.4) is 0 Å². The molecule has 1 saturated carbocycles. The van der Waals surface area contributed by atoms with Gasteiger partial charge in [0.25, 0.3) is 0 Å². The summed E-state index contributed by atoms with van der Waals surface area (Å²) in [7, 11) is 0. The molecule has 1 aliphatic carbocycles. The molecule has 23 heavy (non-hydrogen) atoms. The zero-order chi connectivity index (χ0) is 16.3. The van der Waals surface area contributed by atoms with E-state index >= 15 is 0 Å². The molecule has 0 radical (unpaired) electrons. The van der Waals surface area contributed by atoms with Crippen LogP contribution in [0, 0.1) is 5.82 Å². The standard InChI is InChI=1S/C18H25FN2O2/c19-15-5-3-14(4-6-15)17(9-11-23-12-10-17)13-21-16(22)18(20)7-1-2-8-18/h3-6H,1-2,7-13,20H2,(H,21,22). The second-order valence-electron chi connectivity index (χ2n) is 6.95. The lowest BCUT2D eigenvalue weighted by molar-refractivity contribution is -0.126. The molecule has 1 saturated heterocycles. The van der Waals surface area contributed by atoms with Crippen molar-refractivity contribution in [1.82, 2.24) is 5.32 Å². The summed E-state index contributed by atoms with van der Waals surface area (Å²) in [5, 5.41) is 3.08. The molecule has 2 fully saturated rings. The fraction of sp³-hybridized carbons (Fsp3) is 0.611. The lowest BCUT2D eigenvalue weighted by atomic mass is 9.74. The van der Waals surface area contributed by atoms with Crippen molar-refractivity contribution >= 4 is 5.91 Å². The summed E-state index contributed by atoms with van der Waals surface area (Å²) in [6, 6.07) is 6.60. The number of halogens is 1. The van der Waals surface area contributed by atoms with E-state index in [0.717, 1.165) is 44.1 Å². The second kappa shape index (κ2) is 6.57. The van der Waals surface area contributed by atoms with Crippen LogP contribution >= 0.6 is 0 Å². The van der Waals surface area contributed by atoms with Gasteiger partial charge < -0.3 is 15.8 Å². The maximum Gasteiger partial charge on any atom is 0.240 e. The van der Waals surface area contributed by atoms with E-state index < -0.39 is 5.54 Å². The molecule has 0 unspecified atom stereocenters. The van der Waals surface area contributed by atoms with Gasteiger partial charge in [0.05, 0.1) is 5.54 Å². The molecule has 0 aromatic heterocycles. The quantitative estimate of drug-likeness (QED) is 0.894. The van der Waals surface area contributed by atoms with E-state index in [9.17, 15) is 9.18 Å². The van der Waals surface area contributed by atoms with E-state index in [1.807, 2.05) is 12.1 Å². The summed E-state index contributed by atoms with van der Waals surface area (Å²) < 4.78 is 18.7. The Balaban J connectivity index is 1.74. The first-order valence-corrected chi connectivity index (χ1v) is 8.45. The highest BCUT2D eigenvalue weighted by atomic mass is 19.1. The first kappa shape index (κ1) is 16.4. The molecular formula is C18H25FN2O2. The topological polar surface area (TPSA) is 64.4 Å². The van der Waals surface area contributed by atoms with Crippen molar-refractivity contribution in [2.45, 2.75) is 49.5 Å². The summed E-state index contributed by atoms with van der Waals surface area (Å²) in [6.07, 6.45) is 5.17. The zero-order valence-corrected chi connectivity index (χ0v) is 13.4. The van der Waals surface area contributed by atoms with Crippen LogP contribution in [0.4, 0.5) is 4.39 Å². The van der Waals surface area contributed by atoms with Gasteiger partial charge in [-0.25, -0.2) is 4.39 Å². The predicted octanol–water partition coefficient (Wildman–Crippen LogP) is 2.26. The normalized spacial score (nSPS) is 22.7. The first-order valence-electron chi connectivity index (χ1n) is 8.45. The highest BCUT2D eigenvalue weighted by Crippen LogP contribution is 2.35. The van der Waals surface area contributed by atoms with Crippen molar-refractivity contribution in [2.24, 2.45) is 5.73 Å². The van der Waals surface area contributed by atoms with Gasteiger partial charge in [-0.05, 0) is 43.4 Å². The molecule has 0 bridgehead atoms. The van der Waals surface area contributed by atoms with Crippen LogP contribution in [0.2, 0.25) is 0 Å². The molecule has 5 heteroatoms. The van der Waals surface area contributed by atoms with Crippen LogP contribution in [0.1, 0.15) is 44.1 Å². The van der Waals surface area contributed by atoms with Crippen LogP contribution in [-0.2, 0) is 14.9 Å². The molecule has 3 rings (SSSR count). The highest BCUT2D eigenvalue weighted by molar-refractivity contribution is 5.86. The maximum atomic E-state index is 13.2. The fourth-order valence-electron chi connectivity index (χ4n) is 3.79. The fourth-order valence-corrected chi connectivity index (χ4v) is 3.79. The molecular weight excluding hydrogens is 295 g/mol. The van der Waals surface area contributed by atoms with Crippen molar-refractivity contribution in [1.29, 1.82) is 0 Å². The Morgan fingerprint density at radius 2 is 1.74 bits per heavy atom. The number of hydrogen-bond donors (Lipinski definition) is 2. The molecule has 1 heterocycles. The summed E-state index contributed by atoms with van der Waals surface area (Å²) in [6.45, 7) is 1.84. The Labute approximate surface area is 136 Å². The first-order chi connectivity index (χ1) is 11.0. The molecule has 2 aliphatic rings. The Kier molecular flexibility index (Phi) is 4.69. The van der Waals surface area contributed by atoms with Crippen LogP contribution < -0.4 is 11.1 Å². The molecule has 3 N–H and O–H groups in total. The number of nitrogens with two attached hydrogens (primary N) is 1. The molecule has 4 nitrogen and oxygen atoms in total. The minimum atomic E-state index is -0.713. The van der Waals surface area contributed by atoms with E-state index in [0.29, 0.717) is 19.8 Å². The number of nitrogens with one attached hydrogen (secondary N) is 1. The minimum Gasteiger partial charge on any atom is -0.381 e. The monoisotopic (exact) mass is 320 g/mol. The van der Waals surface area contributed by atoms with Crippen molar-refractivity contribution < 1.29 is 13.9 Å². The van der Waals surface area contributed by atoms with Crippen LogP contribution in [0.25, 0.3) is 0 Å². The summed E-state index contributed by atoms with van der Waals surface area (Å²) in [4.78, 5) is 12.5. The van der Waals surface area contributed by atoms with Gasteiger partial charge in [0.1, 0.15) is 5.82 Å². The third-order valence-electron chi connectivity index (χ3n) is 5.44. The van der Waals surface area contributed by atoms with Crippen molar-refractivity contribution in [3.05, 3.63) is 35.6 Å². The van der Waals surface area contributed by atoms with Gasteiger partial charge in [-0.1, -0.05) is 25.0 Å². The number of hydrogen-bond acceptors (Lipinski definition) is 3. The molecule has 1 aliphatic heterocycles. The van der Waals surface area contributed by atoms with E-state index in [4.69, 9.17) is 10.5 Å². The second-order valence-corrected chi connectivity index (χ2v) is 6.95. The predicted molar refractivity (Wildman–Crippen MR) is 86.5 cm³/mol. The third-order valence-corrected chi connectivity index (χ3v) is 5.44. The van der Waals surface area contributed by atoms with Crippen molar-refractivity contribution in [3.8, 4) is 0 Å². The number of carbonyl (C=O) groups excluding carboxylic acids is 1. The number of carbonyl (C=O) groups is 1. The van der Waals surface area contributed by atoms with Gasteiger partial charge in [-0.15, -0.1) is 0 Å². The van der Waals surface area contributed by atoms with Gasteiger partial charge in [0, 0.05) is 25.2 Å². The Hall–Kier alpha value is -1.46. The average Bonchev–Trinajstić information content (AvgIpc) is 3.02. The molecule has 1 aromatic carbocycles. The number of ether oxygens (including phenoxy) is 1. The van der Waals surface area contributed by atoms with Gasteiger partial charge >= 0.3 is 0 Å². The summed E-state index contributed by atoms with van der Waals surface area (Å²) in [5.74, 6) is -0.296. The van der Waals surface area contributed by atoms with Crippen LogP contribution in [0.5, 0.6) is 0 Å². The Bertz CT molecular complexity index is 547. The van der Waals surface area contributed by atoms with Gasteiger partial charge in [-0.3, -0.25) is 4.79 Å². The van der Waals surface area contributed by atoms with Crippen molar-refractivity contribution in [2.75, 3.05) is 19.8 Å². The van der Waals surface area contributed by atoms with E-state index in [-0.39, 0.29) is 17.1 Å². The smallest absolute Gasteiger partial charge is 0.240 e. The highest BCUT2D eigenvalue weighted by Gasteiger charge is 2.40. The van der Waals surface area contributed by atoms with Gasteiger partial charge in [0.15, 0.2) is 0 Å². The van der Waals surface area contributed by atoms with E-state index in [2.05, 4.69) is 5.32 Å².